The predicted octanol–water partition coefficient (Wildman–Crippen LogP) is 4.70. The third kappa shape index (κ3) is 3.46. The van der Waals surface area contributed by atoms with Gasteiger partial charge in [-0.3, -0.25) is 0 Å². The largest absolute Gasteiger partial charge is 0.207 e. The number of nitrogens with zero attached hydrogens (tertiary/aromatic N) is 2. The zero-order chi connectivity index (χ0) is 14.7. The monoisotopic (exact) mass is 320 g/mol. The summed E-state index contributed by atoms with van der Waals surface area (Å²) in [5.41, 5.74) is 3.53. The molecule has 0 unspecified atom stereocenters. The second kappa shape index (κ2) is 6.32. The van der Waals surface area contributed by atoms with E-state index in [0.717, 1.165) is 15.5 Å². The summed E-state index contributed by atoms with van der Waals surface area (Å²) in [5.74, 6) is -0.560. The normalized spacial score (nSPS) is 11.0. The van der Waals surface area contributed by atoms with Gasteiger partial charge in [0.15, 0.2) is 4.34 Å². The van der Waals surface area contributed by atoms with Gasteiger partial charge in [-0.2, -0.15) is 0 Å². The van der Waals surface area contributed by atoms with Gasteiger partial charge in [-0.25, -0.2) is 8.78 Å². The molecule has 106 valence electrons. The SMILES string of the molecule is Fc1ccc(C(Sc2nncs2)c2ccc(F)cc2)cc1. The Morgan fingerprint density at radius 1 is 0.857 bits per heavy atom. The van der Waals surface area contributed by atoms with Crippen molar-refractivity contribution in [3.8, 4) is 0 Å². The summed E-state index contributed by atoms with van der Waals surface area (Å²) in [6.07, 6.45) is 0. The molecule has 2 aromatic carbocycles. The van der Waals surface area contributed by atoms with Crippen molar-refractivity contribution in [3.05, 3.63) is 76.8 Å². The van der Waals surface area contributed by atoms with Crippen LogP contribution < -0.4 is 0 Å². The quantitative estimate of drug-likeness (QED) is 0.652. The van der Waals surface area contributed by atoms with Crippen LogP contribution in [0.2, 0.25) is 0 Å². The molecule has 1 heterocycles. The molecular formula is C15H10F2N2S2. The van der Waals surface area contributed by atoms with Crippen molar-refractivity contribution in [2.24, 2.45) is 0 Å². The molecule has 0 saturated carbocycles. The fraction of sp³-hybridized carbons (Fsp3) is 0.0667. The molecule has 1 aromatic heterocycles. The lowest BCUT2D eigenvalue weighted by Crippen LogP contribution is -1.97. The number of hydrogen-bond donors (Lipinski definition) is 0. The maximum atomic E-state index is 13.1. The lowest BCUT2D eigenvalue weighted by molar-refractivity contribution is 0.626. The van der Waals surface area contributed by atoms with Crippen LogP contribution in [0.4, 0.5) is 8.78 Å². The summed E-state index contributed by atoms with van der Waals surface area (Å²) in [4.78, 5) is 0. The lowest BCUT2D eigenvalue weighted by atomic mass is 10.0. The Balaban J connectivity index is 1.97. The average Bonchev–Trinajstić information content (AvgIpc) is 3.00. The van der Waals surface area contributed by atoms with Crippen molar-refractivity contribution in [2.45, 2.75) is 9.59 Å². The molecule has 3 rings (SSSR count). The Morgan fingerprint density at radius 3 is 1.81 bits per heavy atom. The van der Waals surface area contributed by atoms with Crippen LogP contribution >= 0.6 is 23.1 Å². The maximum absolute atomic E-state index is 13.1. The highest BCUT2D eigenvalue weighted by Crippen LogP contribution is 2.40. The van der Waals surface area contributed by atoms with Crippen molar-refractivity contribution in [1.29, 1.82) is 0 Å². The van der Waals surface area contributed by atoms with E-state index in [9.17, 15) is 8.78 Å². The lowest BCUT2D eigenvalue weighted by Gasteiger charge is -2.16. The summed E-state index contributed by atoms with van der Waals surface area (Å²) in [6.45, 7) is 0. The summed E-state index contributed by atoms with van der Waals surface area (Å²) in [6, 6.07) is 12.6. The van der Waals surface area contributed by atoms with E-state index in [1.807, 2.05) is 0 Å². The van der Waals surface area contributed by atoms with Crippen molar-refractivity contribution in [3.63, 3.8) is 0 Å². The summed E-state index contributed by atoms with van der Waals surface area (Å²) in [7, 11) is 0. The van der Waals surface area contributed by atoms with Crippen LogP contribution in [0.1, 0.15) is 16.4 Å². The van der Waals surface area contributed by atoms with Crippen LogP contribution in [0.5, 0.6) is 0 Å². The van der Waals surface area contributed by atoms with Crippen molar-refractivity contribution in [2.75, 3.05) is 0 Å². The minimum atomic E-state index is -0.280. The molecule has 0 aliphatic heterocycles. The first-order chi connectivity index (χ1) is 10.2. The van der Waals surface area contributed by atoms with Gasteiger partial charge >= 0.3 is 0 Å². The number of rotatable bonds is 4. The van der Waals surface area contributed by atoms with Crippen LogP contribution in [0.15, 0.2) is 58.4 Å². The summed E-state index contributed by atoms with van der Waals surface area (Å²) < 4.78 is 27.0. The maximum Gasteiger partial charge on any atom is 0.174 e. The molecule has 6 heteroatoms. The molecule has 0 amide bonds. The molecule has 0 fully saturated rings. The zero-order valence-electron chi connectivity index (χ0n) is 10.7. The molecular weight excluding hydrogens is 310 g/mol. The number of thioether (sulfide) groups is 1. The van der Waals surface area contributed by atoms with E-state index in [0.29, 0.717) is 0 Å². The molecule has 0 aliphatic carbocycles. The average molecular weight is 320 g/mol. The van der Waals surface area contributed by atoms with Gasteiger partial charge in [0.1, 0.15) is 17.1 Å². The summed E-state index contributed by atoms with van der Waals surface area (Å²) >= 11 is 2.95. The smallest absolute Gasteiger partial charge is 0.174 e. The number of hydrogen-bond acceptors (Lipinski definition) is 4. The van der Waals surface area contributed by atoms with Crippen molar-refractivity contribution >= 4 is 23.1 Å². The van der Waals surface area contributed by atoms with Crippen molar-refractivity contribution in [1.82, 2.24) is 10.2 Å². The first-order valence-electron chi connectivity index (χ1n) is 6.16. The molecule has 0 spiro atoms. The minimum absolute atomic E-state index is 0.0841. The van der Waals surface area contributed by atoms with E-state index in [1.165, 1.54) is 47.4 Å². The second-order valence-electron chi connectivity index (χ2n) is 4.31. The molecule has 3 aromatic rings. The first kappa shape index (κ1) is 14.2. The molecule has 2 nitrogen and oxygen atoms in total. The standard InChI is InChI=1S/C15H10F2N2S2/c16-12-5-1-10(2-6-12)14(21-15-19-18-9-20-15)11-3-7-13(17)8-4-11/h1-9,14H. The fourth-order valence-corrected chi connectivity index (χ4v) is 3.72. The Bertz CT molecular complexity index is 652. The Kier molecular flexibility index (Phi) is 4.26. The molecule has 0 saturated heterocycles. The third-order valence-electron chi connectivity index (χ3n) is 2.90. The first-order valence-corrected chi connectivity index (χ1v) is 7.92. The van der Waals surface area contributed by atoms with Gasteiger partial charge < -0.3 is 0 Å². The van der Waals surface area contributed by atoms with Crippen molar-refractivity contribution < 1.29 is 8.78 Å². The van der Waals surface area contributed by atoms with Crippen LogP contribution in [-0.4, -0.2) is 10.2 Å². The second-order valence-corrected chi connectivity index (χ2v) is 6.49. The van der Waals surface area contributed by atoms with Crippen LogP contribution in [-0.2, 0) is 0 Å². The van der Waals surface area contributed by atoms with Crippen LogP contribution in [0, 0.1) is 11.6 Å². The minimum Gasteiger partial charge on any atom is -0.207 e. The Morgan fingerprint density at radius 2 is 1.38 bits per heavy atom. The number of aromatic nitrogens is 2. The van der Waals surface area contributed by atoms with E-state index < -0.39 is 0 Å². The number of benzene rings is 2. The molecule has 0 aliphatic rings. The van der Waals surface area contributed by atoms with Gasteiger partial charge in [0.2, 0.25) is 0 Å². The van der Waals surface area contributed by atoms with E-state index >= 15 is 0 Å². The van der Waals surface area contributed by atoms with E-state index in [-0.39, 0.29) is 16.9 Å². The zero-order valence-corrected chi connectivity index (χ0v) is 12.4. The highest BCUT2D eigenvalue weighted by Gasteiger charge is 2.17. The molecule has 0 atom stereocenters. The van der Waals surface area contributed by atoms with Crippen LogP contribution in [0.25, 0.3) is 0 Å². The van der Waals surface area contributed by atoms with Gasteiger partial charge in [0, 0.05) is 0 Å². The van der Waals surface area contributed by atoms with Gasteiger partial charge in [0.05, 0.1) is 5.25 Å². The van der Waals surface area contributed by atoms with E-state index in [1.54, 1.807) is 29.8 Å². The van der Waals surface area contributed by atoms with Crippen LogP contribution in [0.3, 0.4) is 0 Å². The fourth-order valence-electron chi connectivity index (χ4n) is 1.92. The van der Waals surface area contributed by atoms with E-state index in [4.69, 9.17) is 0 Å². The number of halogens is 2. The van der Waals surface area contributed by atoms with Gasteiger partial charge in [-0.15, -0.1) is 10.2 Å². The highest BCUT2D eigenvalue weighted by molar-refractivity contribution is 8.01. The van der Waals surface area contributed by atoms with E-state index in [2.05, 4.69) is 10.2 Å². The highest BCUT2D eigenvalue weighted by atomic mass is 32.2. The topological polar surface area (TPSA) is 25.8 Å². The molecule has 0 bridgehead atoms. The third-order valence-corrected chi connectivity index (χ3v) is 5.03. The van der Waals surface area contributed by atoms with Gasteiger partial charge in [-0.05, 0) is 35.4 Å². The van der Waals surface area contributed by atoms with Gasteiger partial charge in [0.25, 0.3) is 0 Å². The predicted molar refractivity (Wildman–Crippen MR) is 80.4 cm³/mol. The Labute approximate surface area is 128 Å². The van der Waals surface area contributed by atoms with Gasteiger partial charge in [-0.1, -0.05) is 47.4 Å². The molecule has 21 heavy (non-hydrogen) atoms. The molecule has 0 N–H and O–H groups in total. The Hall–Kier alpha value is -1.79. The molecule has 0 radical (unpaired) electrons. The summed E-state index contributed by atoms with van der Waals surface area (Å²) in [5, 5.41) is 7.76.